The summed E-state index contributed by atoms with van der Waals surface area (Å²) in [5.74, 6) is -1.74. The van der Waals surface area contributed by atoms with Gasteiger partial charge in [0.2, 0.25) is 0 Å². The van der Waals surface area contributed by atoms with Crippen LogP contribution < -0.4 is 0 Å². The third kappa shape index (κ3) is 10.4. The van der Waals surface area contributed by atoms with Gasteiger partial charge in [0, 0.05) is 19.2 Å². The third-order valence-corrected chi connectivity index (χ3v) is 7.14. The molecule has 0 saturated heterocycles. The normalized spacial score (nSPS) is 10.5. The summed E-state index contributed by atoms with van der Waals surface area (Å²) in [6, 6.07) is 25.4. The molecular weight excluding hydrogens is 594 g/mol. The average Bonchev–Trinajstić information content (AvgIpc) is 3.04. The van der Waals surface area contributed by atoms with Gasteiger partial charge in [0.25, 0.3) is 5.91 Å². The van der Waals surface area contributed by atoms with E-state index in [-0.39, 0.29) is 23.6 Å². The third-order valence-electron chi connectivity index (χ3n) is 7.14. The molecule has 0 unspecified atom stereocenters. The van der Waals surface area contributed by atoms with E-state index in [4.69, 9.17) is 9.47 Å². The number of carboxylic acids is 1. The molecule has 1 amide bonds. The van der Waals surface area contributed by atoms with Crippen LogP contribution in [0.25, 0.3) is 22.3 Å². The van der Waals surface area contributed by atoms with E-state index in [0.717, 1.165) is 27.8 Å². The number of rotatable bonds is 10. The van der Waals surface area contributed by atoms with E-state index in [9.17, 15) is 24.3 Å². The molecule has 4 aromatic carbocycles. The summed E-state index contributed by atoms with van der Waals surface area (Å²) in [4.78, 5) is 49.8. The fourth-order valence-electron chi connectivity index (χ4n) is 4.84. The van der Waals surface area contributed by atoms with Crippen LogP contribution in [0.1, 0.15) is 80.3 Å². The number of aryl methyl sites for hydroxylation is 2. The molecule has 0 aliphatic rings. The zero-order chi connectivity index (χ0) is 34.7. The Bertz CT molecular complexity index is 1710. The van der Waals surface area contributed by atoms with E-state index >= 15 is 0 Å². The van der Waals surface area contributed by atoms with Crippen LogP contribution in [0.3, 0.4) is 0 Å². The molecule has 8 nitrogen and oxygen atoms in total. The minimum atomic E-state index is -1.07. The minimum absolute atomic E-state index is 0.0659. The van der Waals surface area contributed by atoms with E-state index in [0.29, 0.717) is 35.8 Å². The Hall–Kier alpha value is -5.24. The zero-order valence-electron chi connectivity index (χ0n) is 28.1. The van der Waals surface area contributed by atoms with Crippen molar-refractivity contribution in [2.45, 2.75) is 41.5 Å². The van der Waals surface area contributed by atoms with E-state index < -0.39 is 17.9 Å². The van der Waals surface area contributed by atoms with Crippen molar-refractivity contribution in [2.24, 2.45) is 5.92 Å². The van der Waals surface area contributed by atoms with Gasteiger partial charge in [-0.2, -0.15) is 0 Å². The van der Waals surface area contributed by atoms with Crippen molar-refractivity contribution in [1.82, 2.24) is 4.90 Å². The van der Waals surface area contributed by atoms with Crippen LogP contribution in [0.2, 0.25) is 0 Å². The molecule has 4 aromatic rings. The molecule has 0 aromatic heterocycles. The maximum atomic E-state index is 12.8. The van der Waals surface area contributed by atoms with Crippen LogP contribution in [0.15, 0.2) is 84.9 Å². The Morgan fingerprint density at radius 3 is 1.38 bits per heavy atom. The summed E-state index contributed by atoms with van der Waals surface area (Å²) < 4.78 is 10.1. The van der Waals surface area contributed by atoms with Crippen LogP contribution in [0.5, 0.6) is 0 Å². The van der Waals surface area contributed by atoms with Crippen molar-refractivity contribution in [3.63, 3.8) is 0 Å². The maximum absolute atomic E-state index is 12.8. The van der Waals surface area contributed by atoms with Gasteiger partial charge < -0.3 is 19.5 Å². The van der Waals surface area contributed by atoms with E-state index in [1.807, 2.05) is 68.4 Å². The smallest absolute Gasteiger partial charge is 0.338 e. The number of nitrogens with zero attached hydrogens (tertiary/aromatic N) is 1. The highest BCUT2D eigenvalue weighted by molar-refractivity contribution is 6.00. The van der Waals surface area contributed by atoms with Gasteiger partial charge in [-0.15, -0.1) is 0 Å². The molecule has 47 heavy (non-hydrogen) atoms. The SMILES string of the molecule is CCOC(=O)c1cc(C(=O)N(C)CC(C)C)cc(-c2ccc(C)cc2)c1.CCOC(=O)c1cc(C(=O)O)cc(-c2ccc(C)cc2)c1. The lowest BCUT2D eigenvalue weighted by Gasteiger charge is -2.20. The molecule has 0 aliphatic carbocycles. The summed E-state index contributed by atoms with van der Waals surface area (Å²) in [6.07, 6.45) is 0. The van der Waals surface area contributed by atoms with E-state index in [2.05, 4.69) is 13.8 Å². The molecule has 0 atom stereocenters. The van der Waals surface area contributed by atoms with Crippen LogP contribution in [0, 0.1) is 19.8 Å². The largest absolute Gasteiger partial charge is 0.478 e. The van der Waals surface area contributed by atoms with Crippen molar-refractivity contribution in [2.75, 3.05) is 26.8 Å². The number of carbonyl (C=O) groups is 4. The van der Waals surface area contributed by atoms with Crippen LogP contribution in [0.4, 0.5) is 0 Å². The maximum Gasteiger partial charge on any atom is 0.338 e. The second-order valence-electron chi connectivity index (χ2n) is 11.7. The van der Waals surface area contributed by atoms with Gasteiger partial charge >= 0.3 is 17.9 Å². The van der Waals surface area contributed by atoms with Crippen molar-refractivity contribution < 1.29 is 33.8 Å². The lowest BCUT2D eigenvalue weighted by atomic mass is 9.98. The summed E-state index contributed by atoms with van der Waals surface area (Å²) in [5.41, 5.74) is 6.79. The molecule has 0 spiro atoms. The van der Waals surface area contributed by atoms with Crippen molar-refractivity contribution in [1.29, 1.82) is 0 Å². The molecule has 4 rings (SSSR count). The molecule has 0 aliphatic heterocycles. The van der Waals surface area contributed by atoms with E-state index in [1.165, 1.54) is 6.07 Å². The number of aromatic carboxylic acids is 1. The quantitative estimate of drug-likeness (QED) is 0.175. The standard InChI is InChI=1S/C22H27NO3.C17H16O4/c1-6-26-22(25)20-12-18(17-9-7-16(4)8-10-17)11-19(13-20)21(24)23(5)14-15(2)3;1-3-21-17(20)15-9-13(8-14(10-15)16(18)19)12-6-4-11(2)5-7-12/h7-13,15H,6,14H2,1-5H3;4-10H,3H2,1-2H3,(H,18,19). The predicted molar refractivity (Wildman–Crippen MR) is 184 cm³/mol. The Morgan fingerprint density at radius 2 is 1.00 bits per heavy atom. The highest BCUT2D eigenvalue weighted by Crippen LogP contribution is 2.25. The molecule has 0 fully saturated rings. The highest BCUT2D eigenvalue weighted by Gasteiger charge is 2.18. The molecule has 0 saturated carbocycles. The van der Waals surface area contributed by atoms with Gasteiger partial charge in [0.05, 0.1) is 29.9 Å². The first kappa shape index (κ1) is 36.2. The Labute approximate surface area is 277 Å². The first-order valence-corrected chi connectivity index (χ1v) is 15.6. The minimum Gasteiger partial charge on any atom is -0.478 e. The number of hydrogen-bond acceptors (Lipinski definition) is 6. The number of esters is 2. The van der Waals surface area contributed by atoms with Gasteiger partial charge in [-0.1, -0.05) is 73.5 Å². The molecule has 8 heteroatoms. The first-order chi connectivity index (χ1) is 22.3. The zero-order valence-corrected chi connectivity index (χ0v) is 28.1. The predicted octanol–water partition coefficient (Wildman–Crippen LogP) is 8.10. The summed E-state index contributed by atoms with van der Waals surface area (Å²) in [6.45, 7) is 12.8. The topological polar surface area (TPSA) is 110 Å². The Kier molecular flexibility index (Phi) is 13.0. The van der Waals surface area contributed by atoms with Crippen molar-refractivity contribution >= 4 is 23.8 Å². The van der Waals surface area contributed by atoms with Gasteiger partial charge in [-0.3, -0.25) is 4.79 Å². The van der Waals surface area contributed by atoms with Gasteiger partial charge in [0.1, 0.15) is 0 Å². The lowest BCUT2D eigenvalue weighted by molar-refractivity contribution is 0.0516. The van der Waals surface area contributed by atoms with Crippen LogP contribution >= 0.6 is 0 Å². The summed E-state index contributed by atoms with van der Waals surface area (Å²) in [7, 11) is 1.78. The molecule has 1 N–H and O–H groups in total. The lowest BCUT2D eigenvalue weighted by Crippen LogP contribution is -2.30. The van der Waals surface area contributed by atoms with Crippen LogP contribution in [-0.4, -0.2) is 60.6 Å². The highest BCUT2D eigenvalue weighted by atomic mass is 16.5. The fourth-order valence-corrected chi connectivity index (χ4v) is 4.84. The van der Waals surface area contributed by atoms with Gasteiger partial charge in [-0.25, -0.2) is 14.4 Å². The van der Waals surface area contributed by atoms with E-state index in [1.54, 1.807) is 50.1 Å². The number of hydrogen-bond donors (Lipinski definition) is 1. The van der Waals surface area contributed by atoms with Gasteiger partial charge in [-0.05, 0) is 92.3 Å². The molecule has 246 valence electrons. The number of amides is 1. The average molecular weight is 638 g/mol. The monoisotopic (exact) mass is 637 g/mol. The second-order valence-corrected chi connectivity index (χ2v) is 11.7. The number of carboxylic acid groups (broad SMARTS) is 1. The Balaban J connectivity index is 0.000000261. The molecule has 0 heterocycles. The van der Waals surface area contributed by atoms with Crippen LogP contribution in [-0.2, 0) is 9.47 Å². The fraction of sp³-hybridized carbons (Fsp3) is 0.282. The number of benzene rings is 4. The van der Waals surface area contributed by atoms with Crippen molar-refractivity contribution in [3.8, 4) is 22.3 Å². The number of ether oxygens (including phenoxy) is 2. The van der Waals surface area contributed by atoms with Crippen molar-refractivity contribution in [3.05, 3.63) is 118 Å². The molecule has 0 radical (unpaired) electrons. The molecule has 0 bridgehead atoms. The Morgan fingerprint density at radius 1 is 0.617 bits per heavy atom. The van der Waals surface area contributed by atoms with Gasteiger partial charge in [0.15, 0.2) is 0 Å². The molecular formula is C39H43NO7. The number of carbonyl (C=O) groups excluding carboxylic acids is 3. The summed E-state index contributed by atoms with van der Waals surface area (Å²) >= 11 is 0. The second kappa shape index (κ2) is 16.9. The first-order valence-electron chi connectivity index (χ1n) is 15.6. The summed E-state index contributed by atoms with van der Waals surface area (Å²) in [5, 5.41) is 9.18.